The number of likely N-dealkylation sites (N-methyl/N-ethyl adjacent to an activating group) is 1. The SMILES string of the molecule is CN1C(=O)[C@@H](NC(=O)c2nnn3ccc(C(F)(F)F)cc23)COc2ccccc21. The number of nitrogens with one attached hydrogen (secondary N) is 1. The summed E-state index contributed by atoms with van der Waals surface area (Å²) in [5.74, 6) is -0.791. The number of hydrogen-bond donors (Lipinski definition) is 1. The molecular weight excluding hydrogens is 391 g/mol. The first-order valence-electron chi connectivity index (χ1n) is 8.48. The molecule has 1 aliphatic heterocycles. The predicted octanol–water partition coefficient (Wildman–Crippen LogP) is 1.90. The van der Waals surface area contributed by atoms with Crippen molar-refractivity contribution in [2.24, 2.45) is 0 Å². The Labute approximate surface area is 161 Å². The number of aromatic nitrogens is 3. The van der Waals surface area contributed by atoms with Gasteiger partial charge in [-0.05, 0) is 24.3 Å². The summed E-state index contributed by atoms with van der Waals surface area (Å²) in [6, 6.07) is 7.43. The van der Waals surface area contributed by atoms with Crippen molar-refractivity contribution in [1.29, 1.82) is 0 Å². The largest absolute Gasteiger partial charge is 0.489 e. The molecule has 0 aliphatic carbocycles. The molecule has 11 heteroatoms. The lowest BCUT2D eigenvalue weighted by atomic mass is 10.2. The fourth-order valence-corrected chi connectivity index (χ4v) is 3.01. The summed E-state index contributed by atoms with van der Waals surface area (Å²) in [6.07, 6.45) is -3.52. The van der Waals surface area contributed by atoms with Gasteiger partial charge in [0.25, 0.3) is 11.8 Å². The zero-order valence-electron chi connectivity index (χ0n) is 15.0. The third-order valence-electron chi connectivity index (χ3n) is 4.53. The van der Waals surface area contributed by atoms with E-state index in [4.69, 9.17) is 4.74 Å². The number of fused-ring (bicyclic) bond motifs is 2. The highest BCUT2D eigenvalue weighted by molar-refractivity contribution is 6.04. The van der Waals surface area contributed by atoms with Crippen molar-refractivity contribution in [1.82, 2.24) is 20.1 Å². The average molecular weight is 405 g/mol. The molecule has 3 aromatic rings. The second kappa shape index (κ2) is 6.76. The van der Waals surface area contributed by atoms with E-state index in [-0.39, 0.29) is 17.8 Å². The van der Waals surface area contributed by atoms with Gasteiger partial charge >= 0.3 is 6.18 Å². The van der Waals surface area contributed by atoms with Crippen LogP contribution < -0.4 is 15.0 Å². The Balaban J connectivity index is 1.61. The highest BCUT2D eigenvalue weighted by Crippen LogP contribution is 2.31. The molecule has 1 aromatic carbocycles. The van der Waals surface area contributed by atoms with Gasteiger partial charge in [0.05, 0.1) is 11.3 Å². The molecule has 1 aliphatic rings. The monoisotopic (exact) mass is 405 g/mol. The molecule has 1 N–H and O–H groups in total. The van der Waals surface area contributed by atoms with E-state index in [1.54, 1.807) is 24.3 Å². The van der Waals surface area contributed by atoms with Crippen molar-refractivity contribution < 1.29 is 27.5 Å². The third kappa shape index (κ3) is 3.35. The van der Waals surface area contributed by atoms with E-state index in [1.807, 2.05) is 0 Å². The molecule has 29 heavy (non-hydrogen) atoms. The maximum Gasteiger partial charge on any atom is 0.416 e. The van der Waals surface area contributed by atoms with Crippen LogP contribution in [0.15, 0.2) is 42.6 Å². The fourth-order valence-electron chi connectivity index (χ4n) is 3.01. The van der Waals surface area contributed by atoms with E-state index in [2.05, 4.69) is 15.6 Å². The van der Waals surface area contributed by atoms with Crippen LogP contribution in [0.5, 0.6) is 5.75 Å². The Morgan fingerprint density at radius 1 is 1.28 bits per heavy atom. The summed E-state index contributed by atoms with van der Waals surface area (Å²) >= 11 is 0. The molecule has 0 spiro atoms. The van der Waals surface area contributed by atoms with Gasteiger partial charge in [-0.15, -0.1) is 5.10 Å². The number of amides is 2. The van der Waals surface area contributed by atoms with Crippen LogP contribution in [0.4, 0.5) is 18.9 Å². The molecule has 4 rings (SSSR count). The van der Waals surface area contributed by atoms with Gasteiger partial charge in [0.15, 0.2) is 5.69 Å². The lowest BCUT2D eigenvalue weighted by Gasteiger charge is -2.20. The molecule has 0 bridgehead atoms. The predicted molar refractivity (Wildman–Crippen MR) is 94.6 cm³/mol. The van der Waals surface area contributed by atoms with E-state index in [1.165, 1.54) is 11.9 Å². The number of nitrogens with zero attached hydrogens (tertiary/aromatic N) is 4. The standard InChI is InChI=1S/C18H14F3N5O3/c1-25-12-4-2-3-5-14(12)29-9-11(17(25)28)22-16(27)15-13-8-10(18(19,20)21)6-7-26(13)24-23-15/h2-8,11H,9H2,1H3,(H,22,27)/t11-/m0/s1. The molecule has 0 saturated carbocycles. The van der Waals surface area contributed by atoms with Crippen LogP contribution in [0, 0.1) is 0 Å². The van der Waals surface area contributed by atoms with Gasteiger partial charge in [-0.3, -0.25) is 9.59 Å². The van der Waals surface area contributed by atoms with Crippen molar-refractivity contribution in [3.8, 4) is 5.75 Å². The van der Waals surface area contributed by atoms with Crippen LogP contribution in [0.25, 0.3) is 5.52 Å². The topological polar surface area (TPSA) is 88.8 Å². The molecule has 2 amide bonds. The van der Waals surface area contributed by atoms with Gasteiger partial charge < -0.3 is 15.0 Å². The van der Waals surface area contributed by atoms with Crippen LogP contribution in [0.1, 0.15) is 16.1 Å². The second-order valence-electron chi connectivity index (χ2n) is 6.38. The molecule has 0 unspecified atom stereocenters. The van der Waals surface area contributed by atoms with Gasteiger partial charge in [-0.25, -0.2) is 4.52 Å². The molecule has 0 radical (unpaired) electrons. The molecule has 8 nitrogen and oxygen atoms in total. The zero-order valence-corrected chi connectivity index (χ0v) is 15.0. The van der Waals surface area contributed by atoms with Crippen LogP contribution in [-0.4, -0.2) is 46.3 Å². The van der Waals surface area contributed by atoms with Crippen LogP contribution >= 0.6 is 0 Å². The van der Waals surface area contributed by atoms with Crippen molar-refractivity contribution in [3.63, 3.8) is 0 Å². The van der Waals surface area contributed by atoms with Gasteiger partial charge in [-0.1, -0.05) is 17.3 Å². The van der Waals surface area contributed by atoms with Crippen LogP contribution in [0.2, 0.25) is 0 Å². The van der Waals surface area contributed by atoms with Crippen LogP contribution in [-0.2, 0) is 11.0 Å². The Morgan fingerprint density at radius 2 is 2.03 bits per heavy atom. The normalized spacial score (nSPS) is 16.9. The number of carbonyl (C=O) groups excluding carboxylic acids is 2. The average Bonchev–Trinajstić information content (AvgIpc) is 3.08. The third-order valence-corrected chi connectivity index (χ3v) is 4.53. The van der Waals surface area contributed by atoms with E-state index in [0.717, 1.165) is 22.8 Å². The highest BCUT2D eigenvalue weighted by Gasteiger charge is 2.33. The number of carbonyl (C=O) groups is 2. The van der Waals surface area contributed by atoms with Gasteiger partial charge in [0.2, 0.25) is 0 Å². The number of pyridine rings is 1. The molecule has 1 atom stereocenters. The lowest BCUT2D eigenvalue weighted by molar-refractivity contribution is -0.137. The Hall–Kier alpha value is -3.63. The first-order chi connectivity index (χ1) is 13.8. The lowest BCUT2D eigenvalue weighted by Crippen LogP contribution is -2.49. The minimum Gasteiger partial charge on any atom is -0.489 e. The summed E-state index contributed by atoms with van der Waals surface area (Å²) in [6.45, 7) is -0.140. The summed E-state index contributed by atoms with van der Waals surface area (Å²) in [4.78, 5) is 26.7. The van der Waals surface area contributed by atoms with Crippen LogP contribution in [0.3, 0.4) is 0 Å². The number of alkyl halides is 3. The molecule has 0 fully saturated rings. The Kier molecular flexibility index (Phi) is 4.36. The quantitative estimate of drug-likeness (QED) is 0.704. The first kappa shape index (κ1) is 18.7. The van der Waals surface area contributed by atoms with E-state index in [0.29, 0.717) is 11.4 Å². The first-order valence-corrected chi connectivity index (χ1v) is 8.48. The maximum atomic E-state index is 13.0. The molecule has 2 aromatic heterocycles. The van der Waals surface area contributed by atoms with Crippen molar-refractivity contribution in [2.75, 3.05) is 18.6 Å². The molecular formula is C18H14F3N5O3. The number of anilines is 1. The number of hydrogen-bond acceptors (Lipinski definition) is 5. The zero-order chi connectivity index (χ0) is 20.8. The van der Waals surface area contributed by atoms with E-state index < -0.39 is 29.6 Å². The van der Waals surface area contributed by atoms with Gasteiger partial charge in [0, 0.05) is 13.2 Å². The van der Waals surface area contributed by atoms with E-state index in [9.17, 15) is 22.8 Å². The molecule has 0 saturated heterocycles. The van der Waals surface area contributed by atoms with Crippen molar-refractivity contribution in [3.05, 3.63) is 53.9 Å². The second-order valence-corrected chi connectivity index (χ2v) is 6.38. The summed E-state index contributed by atoms with van der Waals surface area (Å²) < 4.78 is 45.6. The number of ether oxygens (including phenoxy) is 1. The minimum absolute atomic E-state index is 0.129. The Bertz CT molecular complexity index is 1110. The van der Waals surface area contributed by atoms with E-state index >= 15 is 0 Å². The number of halogens is 3. The van der Waals surface area contributed by atoms with Crippen molar-refractivity contribution >= 4 is 23.0 Å². The minimum atomic E-state index is -4.58. The highest BCUT2D eigenvalue weighted by atomic mass is 19.4. The Morgan fingerprint density at radius 3 is 2.79 bits per heavy atom. The number of benzene rings is 1. The maximum absolute atomic E-state index is 13.0. The smallest absolute Gasteiger partial charge is 0.416 e. The fraction of sp³-hybridized carbons (Fsp3) is 0.222. The summed E-state index contributed by atoms with van der Waals surface area (Å²) in [5, 5.41) is 9.79. The van der Waals surface area contributed by atoms with Gasteiger partial charge in [0.1, 0.15) is 23.9 Å². The van der Waals surface area contributed by atoms with Gasteiger partial charge in [-0.2, -0.15) is 13.2 Å². The number of para-hydroxylation sites is 2. The summed E-state index contributed by atoms with van der Waals surface area (Å²) in [5.41, 5.74) is -0.854. The summed E-state index contributed by atoms with van der Waals surface area (Å²) in [7, 11) is 1.54. The molecule has 150 valence electrons. The molecule has 3 heterocycles. The number of rotatable bonds is 2. The van der Waals surface area contributed by atoms with Crippen molar-refractivity contribution in [2.45, 2.75) is 12.2 Å².